The van der Waals surface area contributed by atoms with Crippen LogP contribution in [0.5, 0.6) is 0 Å². The van der Waals surface area contributed by atoms with E-state index in [2.05, 4.69) is 41.5 Å². The number of nitrogens with one attached hydrogen (secondary N) is 1. The van der Waals surface area contributed by atoms with Gasteiger partial charge in [0.1, 0.15) is 24.9 Å². The van der Waals surface area contributed by atoms with Crippen molar-refractivity contribution in [3.63, 3.8) is 0 Å². The number of halogens is 6. The first-order valence-corrected chi connectivity index (χ1v) is 42.8. The number of alkyl halides is 3. The Bertz CT molecular complexity index is 3120. The standard InChI is InChI=1S/C43H65NO8.C25H43NO4.C17H20Cl3NO4.C2H6.CH3BF.CH4.CH3.F2.Pd.H2/c1-6-7-8-9-10-11-12-13-14-15-16-23-28-38(50-41(46)35-24-19-17-20-25-35)40(52-42(47)36-26-21-18-22-27-36)37(44)29-49-43-33(4)31(2)32(3)39(51-43)30-48-34(5)45;1-2-3-4-5-6-7-8-9-10-11-12-16-19-23(28)24(22(26)20-27)30-25(29)21-17-14-13-15-18-21;1-9-10(2)14(25-16(21)17(18,19)20)23-12-8-22-15(24-13(9)12)11-6-4-3-5-7-11;1-2;1-2-3;;;1-2;;/h17-22,24-27,31-33,37-40,43H,6-16,23,28-30,44H2,1-5H3;13-15,17-18,22-24,27-28H,2-12,16,19-20,26H2,1H3;3-7,9-10,12-15,21H,8H2,1-2H3;1-2H3;1H3;1H4;1H3;;;1H/q;;;;;;-1;;;/t31?,32?,33?,37-,38+,39?,40-,43?;22-,23+,24-;;;;;;;;/m00......../s1/i;;;;;;;;;1+1. The Labute approximate surface area is 731 Å². The zero-order chi connectivity index (χ0) is 84.6. The molecular weight excluding hydrogens is 1660 g/mol. The minimum atomic E-state index is -1.92. The van der Waals surface area contributed by atoms with E-state index in [1.807, 2.05) is 69.3 Å². The largest absolute Gasteiger partial charge is 0.463 e. The van der Waals surface area contributed by atoms with Crippen LogP contribution in [0.4, 0.5) is 13.5 Å². The summed E-state index contributed by atoms with van der Waals surface area (Å²) < 4.78 is 83.2. The number of esters is 4. The van der Waals surface area contributed by atoms with Crippen molar-refractivity contribution >= 4 is 72.1 Å². The Balaban J connectivity index is -0.00000171. The minimum Gasteiger partial charge on any atom is -0.463 e. The summed E-state index contributed by atoms with van der Waals surface area (Å²) in [5, 5.41) is 27.6. The fourth-order valence-electron chi connectivity index (χ4n) is 13.6. The SMILES string of the molecule is C.CC.CC1C(OC(=N)C(Cl)(Cl)Cl)OC2COC(c3ccccc3)OC2C1C.CCCCCCCCCCCCCC[C@@H](O)[C@@H](OC(=O)c1ccccc1)[C@@H](N)CO.CCCCCCCCCCCCCC[C@@H](OC(=O)c1ccccc1)[C@@H](OC(=O)c1ccccc1)[C@@H](N)COC1OC(COC(C)=O)C(C)C(C)C1C.C[B]F.FF.[2HH].[CH3-].[Pd]. The van der Waals surface area contributed by atoms with Gasteiger partial charge >= 0.3 is 31.4 Å². The number of benzene rings is 4. The molecule has 27 heteroatoms. The number of aliphatic hydroxyl groups excluding tert-OH is 2. The molecule has 0 saturated carbocycles. The van der Waals surface area contributed by atoms with Crippen molar-refractivity contribution in [1.29, 1.82) is 5.41 Å². The number of carbonyl (C=O) groups is 4. The first-order chi connectivity index (χ1) is 54.9. The summed E-state index contributed by atoms with van der Waals surface area (Å²) in [6.45, 7) is 21.6. The molecule has 3 aliphatic heterocycles. The molecule has 11 unspecified atom stereocenters. The summed E-state index contributed by atoms with van der Waals surface area (Å²) in [6.07, 6.45) is 24.3. The fraction of sp³-hybridized carbons (Fsp3) is 0.667. The number of hydrogen-bond acceptors (Lipinski definition) is 19. The van der Waals surface area contributed by atoms with Crippen LogP contribution in [0.1, 0.15) is 288 Å². The van der Waals surface area contributed by atoms with Crippen molar-refractivity contribution in [2.75, 3.05) is 26.4 Å². The third kappa shape index (κ3) is 45.8. The molecule has 1 radical (unpaired) electrons. The second-order valence-electron chi connectivity index (χ2n) is 29.6. The Morgan fingerprint density at radius 3 is 1.37 bits per heavy atom. The Morgan fingerprint density at radius 1 is 0.573 bits per heavy atom. The number of carbonyl (C=O) groups excluding carboxylic acids is 4. The molecule has 17 atom stereocenters. The molecule has 0 amide bonds. The van der Waals surface area contributed by atoms with Gasteiger partial charge in [0.05, 0.1) is 66.9 Å². The maximum atomic E-state index is 13.5. The van der Waals surface area contributed by atoms with Crippen molar-refractivity contribution in [3.8, 4) is 0 Å². The van der Waals surface area contributed by atoms with Crippen LogP contribution in [-0.4, -0.2) is 145 Å². The fourth-order valence-corrected chi connectivity index (χ4v) is 13.7. The van der Waals surface area contributed by atoms with Crippen LogP contribution in [0.25, 0.3) is 0 Å². The molecular formula is C90H146BCl3F3N3O16Pd-. The third-order valence-electron chi connectivity index (χ3n) is 20.9. The van der Waals surface area contributed by atoms with Gasteiger partial charge in [0, 0.05) is 55.3 Å². The molecule has 673 valence electrons. The smallest absolute Gasteiger partial charge is 0.351 e. The van der Waals surface area contributed by atoms with E-state index in [4.69, 9.17) is 108 Å². The molecule has 0 aromatic heterocycles. The molecule has 0 aliphatic carbocycles. The van der Waals surface area contributed by atoms with Crippen LogP contribution in [0, 0.1) is 42.4 Å². The van der Waals surface area contributed by atoms with Crippen molar-refractivity contribution in [2.45, 2.75) is 328 Å². The summed E-state index contributed by atoms with van der Waals surface area (Å²) >= 11 is 17.1. The van der Waals surface area contributed by atoms with E-state index in [1.165, 1.54) is 123 Å². The Morgan fingerprint density at radius 2 is 0.957 bits per heavy atom. The molecule has 117 heavy (non-hydrogen) atoms. The average Bonchev–Trinajstić information content (AvgIpc) is 0.778. The maximum Gasteiger partial charge on any atom is 0.351 e. The number of fused-ring (bicyclic) bond motifs is 1. The van der Waals surface area contributed by atoms with E-state index >= 15 is 0 Å². The van der Waals surface area contributed by atoms with Gasteiger partial charge in [-0.1, -0.05) is 344 Å². The van der Waals surface area contributed by atoms with Crippen LogP contribution in [0.2, 0.25) is 6.82 Å². The van der Waals surface area contributed by atoms with Gasteiger partial charge in [-0.15, -0.1) is 0 Å². The second-order valence-corrected chi connectivity index (χ2v) is 31.9. The van der Waals surface area contributed by atoms with Crippen LogP contribution in [0.15, 0.2) is 121 Å². The zero-order valence-corrected chi connectivity index (χ0v) is 74.8. The zero-order valence-electron chi connectivity index (χ0n) is 71.0. The molecule has 0 bridgehead atoms. The predicted octanol–water partition coefficient (Wildman–Crippen LogP) is 22.3. The van der Waals surface area contributed by atoms with Gasteiger partial charge in [-0.05, 0) is 73.4 Å². The summed E-state index contributed by atoms with van der Waals surface area (Å²) in [7, 11) is 0.500. The summed E-state index contributed by atoms with van der Waals surface area (Å²) in [5.74, 6) is -1.97. The van der Waals surface area contributed by atoms with Gasteiger partial charge in [-0.2, -0.15) is 0 Å². The maximum absolute atomic E-state index is 13.5. The van der Waals surface area contributed by atoms with E-state index in [1.54, 1.807) is 72.8 Å². The summed E-state index contributed by atoms with van der Waals surface area (Å²) in [5.41, 5.74) is 14.9. The number of hydrogen-bond donors (Lipinski definition) is 5. The molecule has 7 rings (SSSR count). The monoisotopic (exact) mass is 1800 g/mol. The van der Waals surface area contributed by atoms with Crippen LogP contribution < -0.4 is 11.5 Å². The normalized spacial score (nSPS) is 21.2. The minimum absolute atomic E-state index is 0. The predicted molar refractivity (Wildman–Crippen MR) is 464 cm³/mol. The number of unbranched alkanes of at least 4 members (excludes halogenated alkanes) is 22. The first kappa shape index (κ1) is 114. The van der Waals surface area contributed by atoms with Gasteiger partial charge in [0.25, 0.3) is 3.79 Å². The van der Waals surface area contributed by atoms with Gasteiger partial charge in [-0.25, -0.2) is 14.4 Å². The molecule has 4 aromatic rings. The van der Waals surface area contributed by atoms with Gasteiger partial charge in [-0.3, -0.25) is 10.2 Å². The summed E-state index contributed by atoms with van der Waals surface area (Å²) in [4.78, 5) is 50.7. The van der Waals surface area contributed by atoms with Crippen molar-refractivity contribution in [1.82, 2.24) is 0 Å². The van der Waals surface area contributed by atoms with Crippen LogP contribution in [-0.2, 0) is 72.6 Å². The quantitative estimate of drug-likeness (QED) is 0.00402. The van der Waals surface area contributed by atoms with E-state index in [-0.39, 0.29) is 110 Å². The number of rotatable bonds is 44. The average molecular weight is 1810 g/mol. The van der Waals surface area contributed by atoms with E-state index < -0.39 is 83.0 Å². The molecule has 3 fully saturated rings. The van der Waals surface area contributed by atoms with Crippen molar-refractivity contribution in [2.24, 2.45) is 41.1 Å². The van der Waals surface area contributed by atoms with Gasteiger partial charge in [0.2, 0.25) is 12.2 Å². The summed E-state index contributed by atoms with van der Waals surface area (Å²) in [6, 6.07) is 34.3. The number of ether oxygens (including phenoxy) is 10. The topological polar surface area (TPSA) is 277 Å². The van der Waals surface area contributed by atoms with E-state index in [0.717, 1.165) is 50.5 Å². The van der Waals surface area contributed by atoms with Crippen LogP contribution in [0.3, 0.4) is 0 Å². The molecule has 3 heterocycles. The molecule has 3 saturated heterocycles. The molecule has 4 aromatic carbocycles. The number of aliphatic hydroxyl groups is 2. The first-order valence-electron chi connectivity index (χ1n) is 41.7. The third-order valence-corrected chi connectivity index (χ3v) is 21.4. The Hall–Kier alpha value is -4.74. The second kappa shape index (κ2) is 68.8. The van der Waals surface area contributed by atoms with Crippen molar-refractivity contribution < 1.29 is 112 Å². The number of nitrogens with two attached hydrogens (primary N) is 2. The molecule has 3 aliphatic rings. The van der Waals surface area contributed by atoms with Gasteiger partial charge in [0.15, 0.2) is 18.7 Å². The van der Waals surface area contributed by atoms with Crippen LogP contribution >= 0.6 is 34.8 Å². The molecule has 0 spiro atoms. The van der Waals surface area contributed by atoms with E-state index in [9.17, 15) is 33.7 Å². The molecule has 19 nitrogen and oxygen atoms in total. The van der Waals surface area contributed by atoms with Crippen molar-refractivity contribution in [3.05, 3.63) is 151 Å². The molecule has 7 N–H and O–H groups in total. The Kier molecular flexibility index (Phi) is 67.2. The van der Waals surface area contributed by atoms with E-state index in [0.29, 0.717) is 43.7 Å². The van der Waals surface area contributed by atoms with Gasteiger partial charge < -0.3 is 80.8 Å².